The van der Waals surface area contributed by atoms with Crippen LogP contribution in [0.2, 0.25) is 0 Å². The average molecular weight is 472 g/mol. The second-order valence-corrected chi connectivity index (χ2v) is 8.81. The van der Waals surface area contributed by atoms with Gasteiger partial charge in [0.05, 0.1) is 5.69 Å². The smallest absolute Gasteiger partial charge is 0.411 e. The molecule has 5 rings (SSSR count). The number of aliphatic carboxylic acids is 1. The van der Waals surface area contributed by atoms with E-state index >= 15 is 0 Å². The third-order valence-corrected chi connectivity index (χ3v) is 6.54. The van der Waals surface area contributed by atoms with E-state index in [0.717, 1.165) is 35.1 Å². The molecule has 2 amide bonds. The summed E-state index contributed by atoms with van der Waals surface area (Å²) in [6.07, 6.45) is 2.21. The van der Waals surface area contributed by atoms with Gasteiger partial charge in [-0.1, -0.05) is 48.5 Å². The van der Waals surface area contributed by atoms with Crippen molar-refractivity contribution in [2.24, 2.45) is 0 Å². The lowest BCUT2D eigenvalue weighted by atomic mass is 9.98. The summed E-state index contributed by atoms with van der Waals surface area (Å²) in [7, 11) is 0. The number of amides is 2. The Morgan fingerprint density at radius 3 is 2.26 bits per heavy atom. The van der Waals surface area contributed by atoms with Crippen molar-refractivity contribution in [2.75, 3.05) is 11.9 Å². The van der Waals surface area contributed by atoms with Gasteiger partial charge >= 0.3 is 12.1 Å². The number of ether oxygens (including phenoxy) is 1. The Kier molecular flexibility index (Phi) is 5.94. The zero-order chi connectivity index (χ0) is 24.5. The fraction of sp³-hybridized carbons (Fsp3) is 0.259. The maximum absolute atomic E-state index is 13.2. The number of carbonyl (C=O) groups is 3. The van der Waals surface area contributed by atoms with Crippen molar-refractivity contribution in [2.45, 2.75) is 37.8 Å². The zero-order valence-electron chi connectivity index (χ0n) is 19.2. The summed E-state index contributed by atoms with van der Waals surface area (Å²) in [6.45, 7) is 1.60. The molecule has 0 saturated heterocycles. The predicted molar refractivity (Wildman–Crippen MR) is 129 cm³/mol. The van der Waals surface area contributed by atoms with E-state index in [-0.39, 0.29) is 29.9 Å². The third kappa shape index (κ3) is 4.35. The van der Waals surface area contributed by atoms with Gasteiger partial charge in [-0.2, -0.15) is 0 Å². The molecule has 0 radical (unpaired) electrons. The fourth-order valence-corrected chi connectivity index (χ4v) is 4.67. The lowest BCUT2D eigenvalue weighted by Gasteiger charge is -2.26. The summed E-state index contributed by atoms with van der Waals surface area (Å²) in [5.74, 6) is -1.71. The third-order valence-electron chi connectivity index (χ3n) is 6.54. The first kappa shape index (κ1) is 22.6. The van der Waals surface area contributed by atoms with E-state index < -0.39 is 24.0 Å². The number of nitrogens with one attached hydrogen (secondary N) is 1. The normalized spacial score (nSPS) is 15.0. The molecule has 35 heavy (non-hydrogen) atoms. The van der Waals surface area contributed by atoms with Gasteiger partial charge in [0.2, 0.25) is 0 Å². The molecule has 1 heterocycles. The van der Waals surface area contributed by atoms with Crippen molar-refractivity contribution in [1.29, 1.82) is 0 Å². The topological polar surface area (TPSA) is 109 Å². The van der Waals surface area contributed by atoms with Crippen molar-refractivity contribution in [3.8, 4) is 11.1 Å². The quantitative estimate of drug-likeness (QED) is 0.524. The van der Waals surface area contributed by atoms with Crippen LogP contribution in [0.15, 0.2) is 66.9 Å². The van der Waals surface area contributed by atoms with Crippen LogP contribution < -0.4 is 5.32 Å². The van der Waals surface area contributed by atoms with E-state index in [1.165, 1.54) is 18.0 Å². The number of benzene rings is 2. The summed E-state index contributed by atoms with van der Waals surface area (Å²) in [4.78, 5) is 43.0. The summed E-state index contributed by atoms with van der Waals surface area (Å²) in [6, 6.07) is 18.1. The Bertz CT molecular complexity index is 1260. The molecule has 2 aliphatic carbocycles. The highest BCUT2D eigenvalue weighted by Crippen LogP contribution is 2.44. The van der Waals surface area contributed by atoms with Crippen LogP contribution in [0.1, 0.15) is 47.3 Å². The first-order valence-corrected chi connectivity index (χ1v) is 11.6. The molecule has 0 spiro atoms. The second kappa shape index (κ2) is 9.21. The van der Waals surface area contributed by atoms with Gasteiger partial charge in [-0.25, -0.2) is 14.6 Å². The lowest BCUT2D eigenvalue weighted by molar-refractivity contribution is -0.141. The number of pyridine rings is 1. The SMILES string of the molecule is CC(C(=O)O)N(C(=O)c1ncccc1NC(=O)OCC1c2ccccc2-c2ccccc21)C1CC1. The molecule has 0 aliphatic heterocycles. The minimum absolute atomic E-state index is 0.0130. The number of fused-ring (bicyclic) bond motifs is 3. The molecule has 1 aromatic heterocycles. The first-order chi connectivity index (χ1) is 17.0. The molecule has 1 atom stereocenters. The van der Waals surface area contributed by atoms with Crippen molar-refractivity contribution in [3.63, 3.8) is 0 Å². The molecule has 1 fully saturated rings. The largest absolute Gasteiger partial charge is 0.480 e. The lowest BCUT2D eigenvalue weighted by Crippen LogP contribution is -2.45. The molecule has 8 nitrogen and oxygen atoms in total. The van der Waals surface area contributed by atoms with E-state index in [4.69, 9.17) is 4.74 Å². The number of carboxylic acid groups (broad SMARTS) is 1. The number of carbonyl (C=O) groups excluding carboxylic acids is 2. The van der Waals surface area contributed by atoms with Gasteiger partial charge in [0.1, 0.15) is 12.6 Å². The van der Waals surface area contributed by atoms with Gasteiger partial charge in [-0.15, -0.1) is 0 Å². The highest BCUT2D eigenvalue weighted by Gasteiger charge is 2.40. The van der Waals surface area contributed by atoms with E-state index in [9.17, 15) is 19.5 Å². The van der Waals surface area contributed by atoms with Gasteiger partial charge < -0.3 is 14.7 Å². The Labute approximate surface area is 202 Å². The summed E-state index contributed by atoms with van der Waals surface area (Å²) in [5, 5.41) is 12.1. The molecule has 2 aromatic carbocycles. The van der Waals surface area contributed by atoms with Gasteiger partial charge in [-0.3, -0.25) is 10.1 Å². The van der Waals surface area contributed by atoms with Crippen molar-refractivity contribution in [3.05, 3.63) is 83.7 Å². The predicted octanol–water partition coefficient (Wildman–Crippen LogP) is 4.52. The Morgan fingerprint density at radius 1 is 1.03 bits per heavy atom. The Morgan fingerprint density at radius 2 is 1.66 bits per heavy atom. The highest BCUT2D eigenvalue weighted by atomic mass is 16.5. The van der Waals surface area contributed by atoms with E-state index in [1.807, 2.05) is 36.4 Å². The van der Waals surface area contributed by atoms with Crippen LogP contribution in [0.5, 0.6) is 0 Å². The van der Waals surface area contributed by atoms with Crippen LogP contribution >= 0.6 is 0 Å². The second-order valence-electron chi connectivity index (χ2n) is 8.81. The Balaban J connectivity index is 1.31. The molecule has 2 N–H and O–H groups in total. The average Bonchev–Trinajstić information content (AvgIpc) is 3.65. The molecule has 0 bridgehead atoms. The molecule has 1 unspecified atom stereocenters. The van der Waals surface area contributed by atoms with E-state index in [0.29, 0.717) is 0 Å². The van der Waals surface area contributed by atoms with Crippen LogP contribution in [-0.2, 0) is 9.53 Å². The number of aromatic nitrogens is 1. The van der Waals surface area contributed by atoms with Crippen LogP contribution in [0.3, 0.4) is 0 Å². The van der Waals surface area contributed by atoms with Crippen LogP contribution in [0.4, 0.5) is 10.5 Å². The summed E-state index contributed by atoms with van der Waals surface area (Å²) in [5.41, 5.74) is 4.62. The number of rotatable bonds is 7. The van der Waals surface area contributed by atoms with Crippen molar-refractivity contribution >= 4 is 23.7 Å². The van der Waals surface area contributed by atoms with E-state index in [2.05, 4.69) is 22.4 Å². The van der Waals surface area contributed by atoms with E-state index in [1.54, 1.807) is 12.1 Å². The highest BCUT2D eigenvalue weighted by molar-refractivity contribution is 6.02. The van der Waals surface area contributed by atoms with Gasteiger partial charge in [0.25, 0.3) is 5.91 Å². The van der Waals surface area contributed by atoms with Crippen LogP contribution in [0.25, 0.3) is 11.1 Å². The molecule has 3 aromatic rings. The van der Waals surface area contributed by atoms with Gasteiger partial charge in [0, 0.05) is 18.2 Å². The van der Waals surface area contributed by atoms with Gasteiger partial charge in [-0.05, 0) is 54.2 Å². The standard InChI is InChI=1S/C27H25N3O5/c1-16(26(32)33)30(17-12-13-17)25(31)24-23(11-6-14-28-24)29-27(34)35-15-22-20-9-4-2-7-18(20)19-8-3-5-10-21(19)22/h2-11,14,16-17,22H,12-13,15H2,1H3,(H,29,34)(H,32,33). The number of carboxylic acids is 1. The van der Waals surface area contributed by atoms with Gasteiger partial charge in [0.15, 0.2) is 5.69 Å². The monoisotopic (exact) mass is 471 g/mol. The molecule has 1 saturated carbocycles. The zero-order valence-corrected chi connectivity index (χ0v) is 19.2. The number of hydrogen-bond donors (Lipinski definition) is 2. The van der Waals surface area contributed by atoms with Crippen molar-refractivity contribution in [1.82, 2.24) is 9.88 Å². The molecule has 8 heteroatoms. The van der Waals surface area contributed by atoms with Crippen LogP contribution in [0, 0.1) is 0 Å². The summed E-state index contributed by atoms with van der Waals surface area (Å²) < 4.78 is 5.59. The minimum Gasteiger partial charge on any atom is -0.480 e. The fourth-order valence-electron chi connectivity index (χ4n) is 4.67. The minimum atomic E-state index is -1.09. The Hall–Kier alpha value is -4.20. The molecule has 2 aliphatic rings. The molecular weight excluding hydrogens is 446 g/mol. The molecule has 178 valence electrons. The van der Waals surface area contributed by atoms with Crippen LogP contribution in [-0.4, -0.2) is 51.7 Å². The molecular formula is C27H25N3O5. The van der Waals surface area contributed by atoms with Crippen molar-refractivity contribution < 1.29 is 24.2 Å². The maximum atomic E-state index is 13.2. The summed E-state index contributed by atoms with van der Waals surface area (Å²) >= 11 is 0. The maximum Gasteiger partial charge on any atom is 0.411 e. The number of anilines is 1. The first-order valence-electron chi connectivity index (χ1n) is 11.6. The number of nitrogens with zero attached hydrogens (tertiary/aromatic N) is 2. The number of hydrogen-bond acceptors (Lipinski definition) is 5.